The first-order valence-electron chi connectivity index (χ1n) is 7.52. The highest BCUT2D eigenvalue weighted by Crippen LogP contribution is 2.22. The molecule has 0 N–H and O–H groups in total. The standard InChI is InChI=1S/C18H27N3/c1-18(2,13-20(3)4)14-21(5)12-16-8-6-7-15-11-19-10-9-17(15)16/h6-11H,12-14H2,1-5H3. The molecule has 0 aliphatic carbocycles. The van der Waals surface area contributed by atoms with Crippen LogP contribution in [0.15, 0.2) is 36.7 Å². The summed E-state index contributed by atoms with van der Waals surface area (Å²) < 4.78 is 0. The van der Waals surface area contributed by atoms with Crippen molar-refractivity contribution in [2.75, 3.05) is 34.2 Å². The van der Waals surface area contributed by atoms with Gasteiger partial charge in [-0.1, -0.05) is 32.0 Å². The zero-order chi connectivity index (χ0) is 15.5. The SMILES string of the molecule is CN(C)CC(C)(C)CN(C)Cc1cccc2cnccc12. The Labute approximate surface area is 128 Å². The fourth-order valence-corrected chi connectivity index (χ4v) is 3.31. The third kappa shape index (κ3) is 4.51. The van der Waals surface area contributed by atoms with Crippen LogP contribution in [0.2, 0.25) is 0 Å². The molecular formula is C18H27N3. The highest BCUT2D eigenvalue weighted by molar-refractivity contribution is 5.84. The normalized spacial score (nSPS) is 12.5. The number of rotatable bonds is 6. The van der Waals surface area contributed by atoms with Gasteiger partial charge in [0.15, 0.2) is 0 Å². The van der Waals surface area contributed by atoms with Crippen LogP contribution >= 0.6 is 0 Å². The van der Waals surface area contributed by atoms with Gasteiger partial charge in [0.1, 0.15) is 0 Å². The van der Waals surface area contributed by atoms with Gasteiger partial charge in [-0.15, -0.1) is 0 Å². The summed E-state index contributed by atoms with van der Waals surface area (Å²) >= 11 is 0. The second-order valence-corrected chi connectivity index (χ2v) is 7.09. The van der Waals surface area contributed by atoms with Gasteiger partial charge < -0.3 is 9.80 Å². The van der Waals surface area contributed by atoms with Crippen molar-refractivity contribution in [3.63, 3.8) is 0 Å². The predicted octanol–water partition coefficient (Wildman–Crippen LogP) is 3.25. The van der Waals surface area contributed by atoms with Gasteiger partial charge >= 0.3 is 0 Å². The van der Waals surface area contributed by atoms with Crippen LogP contribution in [-0.2, 0) is 6.54 Å². The molecule has 1 aromatic heterocycles. The molecule has 0 spiro atoms. The maximum Gasteiger partial charge on any atom is 0.0346 e. The molecule has 0 unspecified atom stereocenters. The largest absolute Gasteiger partial charge is 0.309 e. The molecule has 114 valence electrons. The van der Waals surface area contributed by atoms with Crippen LogP contribution in [0.3, 0.4) is 0 Å². The van der Waals surface area contributed by atoms with Gasteiger partial charge in [-0.3, -0.25) is 4.98 Å². The Morgan fingerprint density at radius 1 is 1.05 bits per heavy atom. The molecule has 0 atom stereocenters. The summed E-state index contributed by atoms with van der Waals surface area (Å²) in [5.41, 5.74) is 1.66. The Morgan fingerprint density at radius 2 is 1.81 bits per heavy atom. The first kappa shape index (κ1) is 15.9. The van der Waals surface area contributed by atoms with Gasteiger partial charge in [-0.05, 0) is 43.6 Å². The van der Waals surface area contributed by atoms with E-state index in [9.17, 15) is 0 Å². The number of fused-ring (bicyclic) bond motifs is 1. The minimum atomic E-state index is 0.282. The molecule has 0 aliphatic heterocycles. The van der Waals surface area contributed by atoms with Crippen molar-refractivity contribution in [2.24, 2.45) is 5.41 Å². The monoisotopic (exact) mass is 285 g/mol. The summed E-state index contributed by atoms with van der Waals surface area (Å²) in [7, 11) is 6.48. The van der Waals surface area contributed by atoms with Crippen molar-refractivity contribution in [1.29, 1.82) is 0 Å². The van der Waals surface area contributed by atoms with Crippen molar-refractivity contribution >= 4 is 10.8 Å². The molecule has 3 nitrogen and oxygen atoms in total. The van der Waals surface area contributed by atoms with Crippen molar-refractivity contribution in [1.82, 2.24) is 14.8 Å². The van der Waals surface area contributed by atoms with E-state index in [1.54, 1.807) is 0 Å². The number of aromatic nitrogens is 1. The van der Waals surface area contributed by atoms with E-state index in [2.05, 4.69) is 74.0 Å². The van der Waals surface area contributed by atoms with E-state index in [4.69, 9.17) is 0 Å². The van der Waals surface area contributed by atoms with Crippen LogP contribution in [0.1, 0.15) is 19.4 Å². The minimum absolute atomic E-state index is 0.282. The van der Waals surface area contributed by atoms with E-state index in [0.29, 0.717) is 0 Å². The molecule has 2 rings (SSSR count). The van der Waals surface area contributed by atoms with Gasteiger partial charge in [0.2, 0.25) is 0 Å². The average molecular weight is 285 g/mol. The number of hydrogen-bond acceptors (Lipinski definition) is 3. The van der Waals surface area contributed by atoms with Gasteiger partial charge in [0.25, 0.3) is 0 Å². The van der Waals surface area contributed by atoms with Crippen molar-refractivity contribution in [3.05, 3.63) is 42.2 Å². The molecule has 2 aromatic rings. The summed E-state index contributed by atoms with van der Waals surface area (Å²) in [6, 6.07) is 8.58. The summed E-state index contributed by atoms with van der Waals surface area (Å²) in [5, 5.41) is 2.53. The van der Waals surface area contributed by atoms with E-state index >= 15 is 0 Å². The average Bonchev–Trinajstić information content (AvgIpc) is 2.36. The molecule has 0 bridgehead atoms. The molecule has 0 fully saturated rings. The number of nitrogens with zero attached hydrogens (tertiary/aromatic N) is 3. The predicted molar refractivity (Wildman–Crippen MR) is 90.4 cm³/mol. The Bertz CT molecular complexity index is 585. The summed E-state index contributed by atoms with van der Waals surface area (Å²) in [6.45, 7) is 7.80. The minimum Gasteiger partial charge on any atom is -0.309 e. The highest BCUT2D eigenvalue weighted by atomic mass is 15.1. The molecule has 0 radical (unpaired) electrons. The Morgan fingerprint density at radius 3 is 2.52 bits per heavy atom. The third-order valence-corrected chi connectivity index (χ3v) is 3.65. The zero-order valence-corrected chi connectivity index (χ0v) is 13.9. The Balaban J connectivity index is 2.10. The van der Waals surface area contributed by atoms with Gasteiger partial charge in [0, 0.05) is 37.4 Å². The lowest BCUT2D eigenvalue weighted by Crippen LogP contribution is -2.38. The molecule has 1 aromatic carbocycles. The Kier molecular flexibility index (Phi) is 4.96. The number of hydrogen-bond donors (Lipinski definition) is 0. The quantitative estimate of drug-likeness (QED) is 0.812. The zero-order valence-electron chi connectivity index (χ0n) is 13.9. The van der Waals surface area contributed by atoms with Crippen LogP contribution in [0, 0.1) is 5.41 Å². The van der Waals surface area contributed by atoms with Crippen LogP contribution in [-0.4, -0.2) is 49.0 Å². The lowest BCUT2D eigenvalue weighted by molar-refractivity contribution is 0.160. The first-order chi connectivity index (χ1) is 9.87. The summed E-state index contributed by atoms with van der Waals surface area (Å²) in [4.78, 5) is 8.88. The first-order valence-corrected chi connectivity index (χ1v) is 7.52. The van der Waals surface area contributed by atoms with E-state index in [1.807, 2.05) is 12.4 Å². The van der Waals surface area contributed by atoms with Gasteiger partial charge in [-0.2, -0.15) is 0 Å². The fourth-order valence-electron chi connectivity index (χ4n) is 3.31. The molecular weight excluding hydrogens is 258 g/mol. The molecule has 1 heterocycles. The van der Waals surface area contributed by atoms with Gasteiger partial charge in [-0.25, -0.2) is 0 Å². The second-order valence-electron chi connectivity index (χ2n) is 7.09. The Hall–Kier alpha value is -1.45. The van der Waals surface area contributed by atoms with E-state index < -0.39 is 0 Å². The molecule has 0 aliphatic rings. The van der Waals surface area contributed by atoms with Gasteiger partial charge in [0.05, 0.1) is 0 Å². The molecule has 21 heavy (non-hydrogen) atoms. The topological polar surface area (TPSA) is 19.4 Å². The molecule has 0 saturated carbocycles. The van der Waals surface area contributed by atoms with Crippen LogP contribution in [0.5, 0.6) is 0 Å². The summed E-state index contributed by atoms with van der Waals surface area (Å²) in [5.74, 6) is 0. The second kappa shape index (κ2) is 6.54. The maximum absolute atomic E-state index is 4.21. The fraction of sp³-hybridized carbons (Fsp3) is 0.500. The van der Waals surface area contributed by atoms with Crippen molar-refractivity contribution in [3.8, 4) is 0 Å². The number of pyridine rings is 1. The third-order valence-electron chi connectivity index (χ3n) is 3.65. The lowest BCUT2D eigenvalue weighted by Gasteiger charge is -2.33. The van der Waals surface area contributed by atoms with E-state index in [-0.39, 0.29) is 5.41 Å². The lowest BCUT2D eigenvalue weighted by atomic mass is 9.92. The molecule has 3 heteroatoms. The van der Waals surface area contributed by atoms with Crippen LogP contribution < -0.4 is 0 Å². The van der Waals surface area contributed by atoms with E-state index in [0.717, 1.165) is 19.6 Å². The van der Waals surface area contributed by atoms with Crippen LogP contribution in [0.25, 0.3) is 10.8 Å². The van der Waals surface area contributed by atoms with Crippen molar-refractivity contribution < 1.29 is 0 Å². The number of benzene rings is 1. The molecule has 0 amide bonds. The van der Waals surface area contributed by atoms with Crippen LogP contribution in [0.4, 0.5) is 0 Å². The summed E-state index contributed by atoms with van der Waals surface area (Å²) in [6.07, 6.45) is 3.82. The molecule has 0 saturated heterocycles. The highest BCUT2D eigenvalue weighted by Gasteiger charge is 2.21. The van der Waals surface area contributed by atoms with Crippen molar-refractivity contribution in [2.45, 2.75) is 20.4 Å². The maximum atomic E-state index is 4.21. The smallest absolute Gasteiger partial charge is 0.0346 e. The van der Waals surface area contributed by atoms with E-state index in [1.165, 1.54) is 16.3 Å².